The molecule has 5 nitrogen and oxygen atoms in total. The van der Waals surface area contributed by atoms with Crippen molar-refractivity contribution in [2.45, 2.75) is 31.7 Å². The Kier molecular flexibility index (Phi) is 5.10. The van der Waals surface area contributed by atoms with Crippen molar-refractivity contribution in [3.05, 3.63) is 65.2 Å². The molecular weight excluding hydrogens is 314 g/mol. The number of carbonyl (C=O) groups excluding carboxylic acids is 2. The first-order valence-electron chi connectivity index (χ1n) is 8.38. The summed E-state index contributed by atoms with van der Waals surface area (Å²) in [4.78, 5) is 24.7. The zero-order chi connectivity index (χ0) is 17.6. The lowest BCUT2D eigenvalue weighted by atomic mass is 10.1. The van der Waals surface area contributed by atoms with E-state index in [0.717, 1.165) is 25.7 Å². The Morgan fingerprint density at radius 2 is 1.60 bits per heavy atom. The molecule has 2 N–H and O–H groups in total. The molecule has 1 saturated carbocycles. The summed E-state index contributed by atoms with van der Waals surface area (Å²) in [5.41, 5.74) is 2.04. The second kappa shape index (κ2) is 7.63. The summed E-state index contributed by atoms with van der Waals surface area (Å²) in [6.45, 7) is 0. The lowest BCUT2D eigenvalue weighted by Gasteiger charge is -2.12. The number of amides is 2. The van der Waals surface area contributed by atoms with Crippen LogP contribution in [0.5, 0.6) is 0 Å². The summed E-state index contributed by atoms with van der Waals surface area (Å²) in [6, 6.07) is 15.6. The quantitative estimate of drug-likeness (QED) is 0.898. The summed E-state index contributed by atoms with van der Waals surface area (Å²) >= 11 is 0. The average Bonchev–Trinajstić information content (AvgIpc) is 3.15. The van der Waals surface area contributed by atoms with Crippen LogP contribution in [0, 0.1) is 11.3 Å². The van der Waals surface area contributed by atoms with E-state index in [1.54, 1.807) is 48.5 Å². The number of anilines is 1. The van der Waals surface area contributed by atoms with Crippen molar-refractivity contribution in [2.24, 2.45) is 0 Å². The van der Waals surface area contributed by atoms with Crippen LogP contribution in [0.15, 0.2) is 48.5 Å². The first-order valence-corrected chi connectivity index (χ1v) is 8.38. The van der Waals surface area contributed by atoms with Gasteiger partial charge in [-0.15, -0.1) is 0 Å². The number of carbonyl (C=O) groups is 2. The van der Waals surface area contributed by atoms with Gasteiger partial charge in [-0.1, -0.05) is 18.9 Å². The second-order valence-electron chi connectivity index (χ2n) is 6.18. The molecular formula is C20H19N3O2. The fourth-order valence-corrected chi connectivity index (χ4v) is 2.97. The third kappa shape index (κ3) is 4.24. The molecule has 0 spiro atoms. The molecule has 2 aromatic carbocycles. The highest BCUT2D eigenvalue weighted by atomic mass is 16.2. The lowest BCUT2D eigenvalue weighted by Crippen LogP contribution is -2.32. The Labute approximate surface area is 146 Å². The van der Waals surface area contributed by atoms with Gasteiger partial charge in [0.05, 0.1) is 11.6 Å². The number of rotatable bonds is 4. The van der Waals surface area contributed by atoms with E-state index in [2.05, 4.69) is 10.6 Å². The predicted molar refractivity (Wildman–Crippen MR) is 95.3 cm³/mol. The highest BCUT2D eigenvalue weighted by molar-refractivity contribution is 6.06. The van der Waals surface area contributed by atoms with Crippen molar-refractivity contribution in [3.63, 3.8) is 0 Å². The van der Waals surface area contributed by atoms with Crippen molar-refractivity contribution in [1.82, 2.24) is 5.32 Å². The summed E-state index contributed by atoms with van der Waals surface area (Å²) in [5.74, 6) is -0.430. The fourth-order valence-electron chi connectivity index (χ4n) is 2.97. The van der Waals surface area contributed by atoms with Gasteiger partial charge in [0.2, 0.25) is 0 Å². The molecule has 0 saturated heterocycles. The average molecular weight is 333 g/mol. The number of hydrogen-bond acceptors (Lipinski definition) is 3. The van der Waals surface area contributed by atoms with E-state index >= 15 is 0 Å². The summed E-state index contributed by atoms with van der Waals surface area (Å²) in [5, 5.41) is 14.6. The van der Waals surface area contributed by atoms with E-state index in [4.69, 9.17) is 5.26 Å². The van der Waals surface area contributed by atoms with Gasteiger partial charge in [0, 0.05) is 22.9 Å². The minimum absolute atomic E-state index is 0.139. The normalized spacial score (nSPS) is 13.9. The molecule has 0 aliphatic heterocycles. The van der Waals surface area contributed by atoms with Gasteiger partial charge in [0.15, 0.2) is 0 Å². The molecule has 3 rings (SSSR count). The van der Waals surface area contributed by atoms with Gasteiger partial charge in [0.25, 0.3) is 11.8 Å². The topological polar surface area (TPSA) is 82.0 Å². The molecule has 1 fully saturated rings. The first-order chi connectivity index (χ1) is 12.2. The maximum atomic E-state index is 12.4. The van der Waals surface area contributed by atoms with Crippen LogP contribution in [-0.2, 0) is 0 Å². The van der Waals surface area contributed by atoms with Gasteiger partial charge in [-0.3, -0.25) is 9.59 Å². The van der Waals surface area contributed by atoms with Crippen LogP contribution in [0.2, 0.25) is 0 Å². The van der Waals surface area contributed by atoms with E-state index < -0.39 is 0 Å². The minimum Gasteiger partial charge on any atom is -0.349 e. The Hall–Kier alpha value is -3.13. The van der Waals surface area contributed by atoms with Crippen molar-refractivity contribution in [1.29, 1.82) is 5.26 Å². The van der Waals surface area contributed by atoms with Gasteiger partial charge < -0.3 is 10.6 Å². The fraction of sp³-hybridized carbons (Fsp3) is 0.250. The number of nitriles is 1. The van der Waals surface area contributed by atoms with E-state index in [1.807, 2.05) is 6.07 Å². The molecule has 0 heterocycles. The van der Waals surface area contributed by atoms with Gasteiger partial charge in [-0.2, -0.15) is 5.26 Å². The minimum atomic E-state index is -0.291. The Balaban J connectivity index is 1.68. The molecule has 0 bridgehead atoms. The van der Waals surface area contributed by atoms with Crippen molar-refractivity contribution in [2.75, 3.05) is 5.32 Å². The van der Waals surface area contributed by atoms with Crippen LogP contribution in [0.25, 0.3) is 0 Å². The first kappa shape index (κ1) is 16.7. The smallest absolute Gasteiger partial charge is 0.255 e. The largest absolute Gasteiger partial charge is 0.349 e. The molecule has 2 amide bonds. The Bertz CT molecular complexity index is 816. The number of hydrogen-bond donors (Lipinski definition) is 2. The third-order valence-electron chi connectivity index (χ3n) is 4.35. The summed E-state index contributed by atoms with van der Waals surface area (Å²) < 4.78 is 0. The van der Waals surface area contributed by atoms with E-state index in [0.29, 0.717) is 22.4 Å². The highest BCUT2D eigenvalue weighted by Gasteiger charge is 2.18. The summed E-state index contributed by atoms with van der Waals surface area (Å²) in [7, 11) is 0. The number of nitrogens with one attached hydrogen (secondary N) is 2. The monoisotopic (exact) mass is 333 g/mol. The van der Waals surface area contributed by atoms with Crippen molar-refractivity contribution >= 4 is 17.5 Å². The van der Waals surface area contributed by atoms with E-state index in [9.17, 15) is 9.59 Å². The SMILES string of the molecule is N#Cc1ccc(NC(=O)c2cccc(C(=O)NC3CCCC3)c2)cc1. The van der Waals surface area contributed by atoms with Crippen LogP contribution >= 0.6 is 0 Å². The van der Waals surface area contributed by atoms with Gasteiger partial charge in [-0.05, 0) is 55.3 Å². The standard InChI is InChI=1S/C20H19N3O2/c21-13-14-8-10-18(11-9-14)23-20(25)16-5-3-4-15(12-16)19(24)22-17-6-1-2-7-17/h3-5,8-12,17H,1-2,6-7H2,(H,22,24)(H,23,25). The molecule has 126 valence electrons. The predicted octanol–water partition coefficient (Wildman–Crippen LogP) is 3.48. The van der Waals surface area contributed by atoms with E-state index in [1.165, 1.54) is 0 Å². The zero-order valence-corrected chi connectivity index (χ0v) is 13.8. The van der Waals surface area contributed by atoms with Gasteiger partial charge in [0.1, 0.15) is 0 Å². The Morgan fingerprint density at radius 1 is 0.960 bits per heavy atom. The van der Waals surface area contributed by atoms with Crippen LogP contribution in [0.1, 0.15) is 52.0 Å². The molecule has 0 radical (unpaired) electrons. The molecule has 0 atom stereocenters. The van der Waals surface area contributed by atoms with Crippen LogP contribution in [-0.4, -0.2) is 17.9 Å². The number of nitrogens with zero attached hydrogens (tertiary/aromatic N) is 1. The maximum Gasteiger partial charge on any atom is 0.255 e. The van der Waals surface area contributed by atoms with Crippen LogP contribution < -0.4 is 10.6 Å². The second-order valence-corrected chi connectivity index (χ2v) is 6.18. The lowest BCUT2D eigenvalue weighted by molar-refractivity contribution is 0.0938. The molecule has 1 aliphatic rings. The highest BCUT2D eigenvalue weighted by Crippen LogP contribution is 2.18. The molecule has 0 aromatic heterocycles. The zero-order valence-electron chi connectivity index (χ0n) is 13.8. The number of benzene rings is 2. The molecule has 1 aliphatic carbocycles. The molecule has 0 unspecified atom stereocenters. The summed E-state index contributed by atoms with van der Waals surface area (Å²) in [6.07, 6.45) is 4.34. The van der Waals surface area contributed by atoms with Crippen molar-refractivity contribution in [3.8, 4) is 6.07 Å². The maximum absolute atomic E-state index is 12.4. The van der Waals surface area contributed by atoms with E-state index in [-0.39, 0.29) is 17.9 Å². The Morgan fingerprint density at radius 3 is 2.24 bits per heavy atom. The van der Waals surface area contributed by atoms with Gasteiger partial charge in [-0.25, -0.2) is 0 Å². The molecule has 25 heavy (non-hydrogen) atoms. The molecule has 5 heteroatoms. The third-order valence-corrected chi connectivity index (χ3v) is 4.35. The van der Waals surface area contributed by atoms with Crippen LogP contribution in [0.4, 0.5) is 5.69 Å². The molecule has 2 aromatic rings. The van der Waals surface area contributed by atoms with Gasteiger partial charge >= 0.3 is 0 Å². The van der Waals surface area contributed by atoms with Crippen molar-refractivity contribution < 1.29 is 9.59 Å². The van der Waals surface area contributed by atoms with Crippen LogP contribution in [0.3, 0.4) is 0 Å².